The number of halogens is 5. The summed E-state index contributed by atoms with van der Waals surface area (Å²) in [5.41, 5.74) is 9.86. The molecule has 4 N–H and O–H groups in total. The molecule has 8 aromatic heterocycles. The van der Waals surface area contributed by atoms with Crippen molar-refractivity contribution >= 4 is 97.0 Å². The molecule has 8 heterocycles. The lowest BCUT2D eigenvalue weighted by atomic mass is 10.2. The number of ether oxygens (including phenoxy) is 4. The number of rotatable bonds is 19. The molecular weight excluding hydrogens is 1060 g/mol. The van der Waals surface area contributed by atoms with E-state index in [-0.39, 0.29) is 65.5 Å². The number of nitrogens with two attached hydrogens (primary N) is 1. The molecule has 0 radical (unpaired) electrons. The van der Waals surface area contributed by atoms with Gasteiger partial charge in [0.25, 0.3) is 5.91 Å². The number of pyridine rings is 2. The van der Waals surface area contributed by atoms with Crippen molar-refractivity contribution in [1.29, 1.82) is 0 Å². The van der Waals surface area contributed by atoms with E-state index in [1.807, 2.05) is 13.8 Å². The molecule has 19 nitrogen and oxygen atoms in total. The summed E-state index contributed by atoms with van der Waals surface area (Å²) < 4.78 is 55.0. The van der Waals surface area contributed by atoms with Gasteiger partial charge in [-0.1, -0.05) is 39.3 Å². The standard InChI is InChI=1S/C24H30ClFN6O3Si.C20H21ClFN5O3Si.C4H11NO.ClH/c1-15(13-34-2)28-23(33)17-12-31(14-35-8-9-36(3,4)5)22-20(17)29-18(10-27-22)21-19-7-6-16(26)11-32(19)24(25)30-21;1-31(2,3)7-6-30-11-26-10-13(19(28)29)16-18(26)23-8-14(24-16)17-15-5-4-12(22)9-27(15)20(21)25-17;1-4(5)3-6-2;/h6-7,10-12,15H,8-9,13-14H2,1-5H3,(H,28,33);4-5,8-10H,6-7,11H2,1-3H3,(H,28,29);4H,3,5H2,1-2H3;1H/t15-;;4-;/m0.0./s1. The SMILES string of the molecule is COC[C@H](C)N.COC[C@H](C)NC(=O)c1cn(COCC[Si](C)(C)C)c2ncc(-c3nc(Cl)n4cc(F)ccc34)nc12.C[Si](C)(C)CCOCn1cc(C(=O)O)c2nc(-c3nc(Cl)n4cc(F)ccc34)cnc21.Cl. The van der Waals surface area contributed by atoms with Crippen LogP contribution in [0.3, 0.4) is 0 Å². The smallest absolute Gasteiger partial charge is 0.339 e. The largest absolute Gasteiger partial charge is 0.478 e. The molecule has 8 aromatic rings. The Bertz CT molecular complexity index is 3210. The fourth-order valence-corrected chi connectivity index (χ4v) is 9.18. The normalized spacial score (nSPS) is 12.6. The molecule has 0 bridgehead atoms. The van der Waals surface area contributed by atoms with Gasteiger partial charge in [-0.25, -0.2) is 43.5 Å². The van der Waals surface area contributed by atoms with Gasteiger partial charge in [-0.2, -0.15) is 0 Å². The number of nitrogens with one attached hydrogen (secondary N) is 1. The van der Waals surface area contributed by atoms with Crippen LogP contribution in [-0.4, -0.2) is 134 Å². The molecule has 0 fully saturated rings. The summed E-state index contributed by atoms with van der Waals surface area (Å²) in [6.07, 6.45) is 8.71. The van der Waals surface area contributed by atoms with Crippen molar-refractivity contribution < 1.29 is 42.4 Å². The number of imidazole rings is 2. The summed E-state index contributed by atoms with van der Waals surface area (Å²) in [5, 5.41) is 12.7. The predicted octanol–water partition coefficient (Wildman–Crippen LogP) is 9.57. The number of hydrogen-bond donors (Lipinski definition) is 3. The second kappa shape index (κ2) is 25.8. The summed E-state index contributed by atoms with van der Waals surface area (Å²) in [4.78, 5) is 51.8. The Kier molecular flexibility index (Phi) is 20.7. The van der Waals surface area contributed by atoms with Crippen molar-refractivity contribution in [3.8, 4) is 22.8 Å². The number of carbonyl (C=O) groups is 2. The summed E-state index contributed by atoms with van der Waals surface area (Å²) >= 11 is 12.4. The fourth-order valence-electron chi connectivity index (χ4n) is 7.21. The first-order valence-electron chi connectivity index (χ1n) is 23.3. The molecular formula is C48H63Cl3F2N12O7Si2. The molecule has 26 heteroatoms. The first-order valence-corrected chi connectivity index (χ1v) is 31.5. The Morgan fingerprint density at radius 1 is 0.703 bits per heavy atom. The molecule has 2 atom stereocenters. The Balaban J connectivity index is 0.000000246. The first-order chi connectivity index (χ1) is 34.5. The van der Waals surface area contributed by atoms with Gasteiger partial charge >= 0.3 is 5.97 Å². The molecule has 400 valence electrons. The van der Waals surface area contributed by atoms with Crippen LogP contribution in [-0.2, 0) is 32.4 Å². The van der Waals surface area contributed by atoms with Crippen LogP contribution in [0.25, 0.3) is 56.1 Å². The zero-order valence-corrected chi connectivity index (χ0v) is 47.3. The molecule has 0 aliphatic heterocycles. The van der Waals surface area contributed by atoms with Crippen molar-refractivity contribution in [3.05, 3.63) is 94.8 Å². The van der Waals surface area contributed by atoms with Crippen LogP contribution in [0.5, 0.6) is 0 Å². The summed E-state index contributed by atoms with van der Waals surface area (Å²) in [7, 11) is 0.753. The number of nitrogens with zero attached hydrogens (tertiary/aromatic N) is 10. The maximum Gasteiger partial charge on any atom is 0.339 e. The lowest BCUT2D eigenvalue weighted by Gasteiger charge is -2.15. The topological polar surface area (TPSA) is 225 Å². The highest BCUT2D eigenvalue weighted by Crippen LogP contribution is 2.30. The van der Waals surface area contributed by atoms with Gasteiger partial charge in [-0.05, 0) is 73.4 Å². The molecule has 0 spiro atoms. The van der Waals surface area contributed by atoms with Gasteiger partial charge in [0.1, 0.15) is 64.5 Å². The number of aromatic nitrogens is 10. The lowest BCUT2D eigenvalue weighted by Crippen LogP contribution is -2.35. The minimum atomic E-state index is -1.24. The van der Waals surface area contributed by atoms with E-state index in [0.29, 0.717) is 82.6 Å². The predicted molar refractivity (Wildman–Crippen MR) is 290 cm³/mol. The molecule has 74 heavy (non-hydrogen) atoms. The van der Waals surface area contributed by atoms with Gasteiger partial charge in [0.2, 0.25) is 10.6 Å². The maximum atomic E-state index is 13.7. The van der Waals surface area contributed by atoms with E-state index in [1.165, 1.54) is 51.8 Å². The van der Waals surface area contributed by atoms with Crippen LogP contribution in [0.15, 0.2) is 61.4 Å². The molecule has 0 aliphatic rings. The Morgan fingerprint density at radius 3 is 1.53 bits per heavy atom. The van der Waals surface area contributed by atoms with E-state index in [9.17, 15) is 23.5 Å². The Labute approximate surface area is 445 Å². The number of amides is 1. The van der Waals surface area contributed by atoms with Crippen molar-refractivity contribution in [2.24, 2.45) is 5.73 Å². The molecule has 0 saturated heterocycles. The van der Waals surface area contributed by atoms with Crippen LogP contribution in [0.1, 0.15) is 34.6 Å². The van der Waals surface area contributed by atoms with E-state index in [2.05, 4.69) is 74.3 Å². The first kappa shape index (κ1) is 59.4. The van der Waals surface area contributed by atoms with Crippen LogP contribution in [0.4, 0.5) is 8.78 Å². The average Bonchev–Trinajstić information content (AvgIpc) is 4.06. The van der Waals surface area contributed by atoms with Crippen molar-refractivity contribution in [2.45, 2.75) is 90.8 Å². The second-order valence-corrected chi connectivity index (χ2v) is 31.7. The van der Waals surface area contributed by atoms with Gasteiger partial charge in [0.15, 0.2) is 11.3 Å². The van der Waals surface area contributed by atoms with Crippen LogP contribution >= 0.6 is 35.6 Å². The molecule has 0 aromatic carbocycles. The molecule has 1 amide bonds. The number of aromatic carboxylic acids is 1. The van der Waals surface area contributed by atoms with Crippen LogP contribution in [0.2, 0.25) is 61.9 Å². The van der Waals surface area contributed by atoms with Crippen molar-refractivity contribution in [1.82, 2.24) is 53.2 Å². The number of carbonyl (C=O) groups excluding carboxylic acids is 1. The molecule has 8 rings (SSSR count). The number of hydrogen-bond acceptors (Lipinski definition) is 13. The van der Waals surface area contributed by atoms with Crippen molar-refractivity contribution in [3.63, 3.8) is 0 Å². The molecule has 0 saturated carbocycles. The minimum Gasteiger partial charge on any atom is -0.478 e. The number of carboxylic acid groups (broad SMARTS) is 1. The summed E-state index contributed by atoms with van der Waals surface area (Å²) in [5.74, 6) is -2.32. The Morgan fingerprint density at radius 2 is 1.14 bits per heavy atom. The fraction of sp³-hybridized carbons (Fsp3) is 0.417. The lowest BCUT2D eigenvalue weighted by molar-refractivity contribution is 0.0695. The van der Waals surface area contributed by atoms with Gasteiger partial charge in [0.05, 0.1) is 42.2 Å². The third-order valence-corrected chi connectivity index (χ3v) is 14.8. The summed E-state index contributed by atoms with van der Waals surface area (Å²) in [6.45, 7) is 20.1. The van der Waals surface area contributed by atoms with Crippen LogP contribution in [0, 0.1) is 11.6 Å². The zero-order chi connectivity index (χ0) is 53.4. The maximum absolute atomic E-state index is 13.7. The average molecular weight is 1120 g/mol. The second-order valence-electron chi connectivity index (χ2n) is 19.8. The number of carboxylic acids is 1. The van der Waals surface area contributed by atoms with Crippen molar-refractivity contribution in [2.75, 3.05) is 40.6 Å². The highest BCUT2D eigenvalue weighted by atomic mass is 35.5. The zero-order valence-electron chi connectivity index (χ0n) is 43.0. The van der Waals surface area contributed by atoms with E-state index in [4.69, 9.17) is 48.1 Å². The van der Waals surface area contributed by atoms with Crippen LogP contribution < -0.4 is 11.1 Å². The monoisotopic (exact) mass is 1120 g/mol. The molecule has 0 unspecified atom stereocenters. The minimum absolute atomic E-state index is 0. The number of fused-ring (bicyclic) bond motifs is 4. The van der Waals surface area contributed by atoms with Gasteiger partial charge in [-0.3, -0.25) is 13.6 Å². The quantitative estimate of drug-likeness (QED) is 0.0507. The highest BCUT2D eigenvalue weighted by Gasteiger charge is 2.24. The van der Waals surface area contributed by atoms with E-state index in [1.54, 1.807) is 41.8 Å². The summed E-state index contributed by atoms with van der Waals surface area (Å²) in [6, 6.07) is 7.73. The van der Waals surface area contributed by atoms with E-state index < -0.39 is 33.8 Å². The third-order valence-electron chi connectivity index (χ3n) is 10.9. The van der Waals surface area contributed by atoms with E-state index in [0.717, 1.165) is 12.1 Å². The molecule has 0 aliphatic carbocycles. The van der Waals surface area contributed by atoms with Gasteiger partial charge in [-0.15, -0.1) is 12.4 Å². The van der Waals surface area contributed by atoms with E-state index >= 15 is 0 Å². The highest BCUT2D eigenvalue weighted by molar-refractivity contribution is 6.76. The van der Waals surface area contributed by atoms with Gasteiger partial charge < -0.3 is 44.2 Å². The third kappa shape index (κ3) is 15.3. The van der Waals surface area contributed by atoms with Gasteiger partial charge in [0, 0.05) is 80.5 Å². The Hall–Kier alpha value is -5.48. The number of methoxy groups -OCH3 is 2.